The highest BCUT2D eigenvalue weighted by Gasteiger charge is 2.18. The highest BCUT2D eigenvalue weighted by Crippen LogP contribution is 2.28. The molecule has 0 saturated heterocycles. The van der Waals surface area contributed by atoms with Gasteiger partial charge in [0.05, 0.1) is 17.8 Å². The van der Waals surface area contributed by atoms with Crippen LogP contribution in [0.3, 0.4) is 0 Å². The van der Waals surface area contributed by atoms with Gasteiger partial charge < -0.3 is 9.72 Å². The molecule has 3 heterocycles. The quantitative estimate of drug-likeness (QED) is 0.333. The molecule has 0 unspecified atom stereocenters. The van der Waals surface area contributed by atoms with Crippen LogP contribution in [0.1, 0.15) is 33.5 Å². The number of rotatable bonds is 6. The van der Waals surface area contributed by atoms with Crippen molar-refractivity contribution in [3.05, 3.63) is 119 Å². The molecule has 0 atom stereocenters. The predicted molar refractivity (Wildman–Crippen MR) is 141 cm³/mol. The number of imidazole rings is 1. The Morgan fingerprint density at radius 2 is 1.60 bits per heavy atom. The number of amides is 1. The average Bonchev–Trinajstić information content (AvgIpc) is 3.22. The molecule has 0 aliphatic rings. The number of hydrogen-bond donors (Lipinski definition) is 1. The second-order valence-electron chi connectivity index (χ2n) is 9.05. The van der Waals surface area contributed by atoms with E-state index in [1.807, 2.05) is 66.1 Å². The van der Waals surface area contributed by atoms with Crippen molar-refractivity contribution in [1.82, 2.24) is 14.4 Å². The van der Waals surface area contributed by atoms with E-state index in [0.717, 1.165) is 40.3 Å². The molecule has 0 aliphatic heterocycles. The summed E-state index contributed by atoms with van der Waals surface area (Å²) in [4.78, 5) is 22.1. The first-order valence-electron chi connectivity index (χ1n) is 11.8. The zero-order valence-electron chi connectivity index (χ0n) is 20.2. The lowest BCUT2D eigenvalue weighted by molar-refractivity contribution is -0.115. The SMILES string of the molecule is Cc1ccc(-c2nc3c(C)cccn3c2CC(=O)Nc2ccc(Cc3ccncc3)cc2)cc1C. The van der Waals surface area contributed by atoms with Gasteiger partial charge in [-0.3, -0.25) is 9.78 Å². The zero-order chi connectivity index (χ0) is 24.4. The van der Waals surface area contributed by atoms with Crippen molar-refractivity contribution in [3.63, 3.8) is 0 Å². The molecule has 5 aromatic rings. The summed E-state index contributed by atoms with van der Waals surface area (Å²) in [6.45, 7) is 6.25. The fourth-order valence-electron chi connectivity index (χ4n) is 4.34. The second kappa shape index (κ2) is 9.55. The summed E-state index contributed by atoms with van der Waals surface area (Å²) in [5.41, 5.74) is 10.3. The van der Waals surface area contributed by atoms with Gasteiger partial charge in [0.1, 0.15) is 5.65 Å². The summed E-state index contributed by atoms with van der Waals surface area (Å²) in [6, 6.07) is 22.4. The number of fused-ring (bicyclic) bond motifs is 1. The first kappa shape index (κ1) is 22.5. The number of pyridine rings is 2. The Balaban J connectivity index is 1.39. The van der Waals surface area contributed by atoms with Crippen molar-refractivity contribution in [2.45, 2.75) is 33.6 Å². The molecule has 1 N–H and O–H groups in total. The van der Waals surface area contributed by atoms with Crippen LogP contribution in [-0.2, 0) is 17.6 Å². The number of hydrogen-bond acceptors (Lipinski definition) is 3. The molecule has 0 fully saturated rings. The summed E-state index contributed by atoms with van der Waals surface area (Å²) in [6.07, 6.45) is 6.65. The minimum absolute atomic E-state index is 0.0692. The summed E-state index contributed by atoms with van der Waals surface area (Å²) in [5, 5.41) is 3.06. The molecule has 0 bridgehead atoms. The predicted octanol–water partition coefficient (Wildman–Crippen LogP) is 6.09. The molecule has 0 saturated carbocycles. The third kappa shape index (κ3) is 4.85. The molecule has 0 aliphatic carbocycles. The number of carbonyl (C=O) groups is 1. The standard InChI is InChI=1S/C30H28N4O/c1-20-6-9-25(17-22(20)3)29-27(34-16-4-5-21(2)30(34)33-29)19-28(35)32-26-10-7-23(8-11-26)18-24-12-14-31-15-13-24/h4-17H,18-19H2,1-3H3,(H,32,35). The van der Waals surface area contributed by atoms with Crippen molar-refractivity contribution >= 4 is 17.2 Å². The Hall–Kier alpha value is -4.25. The van der Waals surface area contributed by atoms with Crippen LogP contribution in [-0.4, -0.2) is 20.3 Å². The normalized spacial score (nSPS) is 11.1. The van der Waals surface area contributed by atoms with E-state index in [4.69, 9.17) is 4.98 Å². The Bertz CT molecular complexity index is 1500. The number of nitrogens with one attached hydrogen (secondary N) is 1. The van der Waals surface area contributed by atoms with Gasteiger partial charge in [-0.2, -0.15) is 0 Å². The molecule has 3 aromatic heterocycles. The zero-order valence-corrected chi connectivity index (χ0v) is 20.2. The van der Waals surface area contributed by atoms with Gasteiger partial charge in [-0.25, -0.2) is 4.98 Å². The Kier molecular flexibility index (Phi) is 6.15. The van der Waals surface area contributed by atoms with Gasteiger partial charge in [0.2, 0.25) is 5.91 Å². The Morgan fingerprint density at radius 1 is 0.857 bits per heavy atom. The van der Waals surface area contributed by atoms with E-state index >= 15 is 0 Å². The van der Waals surface area contributed by atoms with E-state index < -0.39 is 0 Å². The first-order chi connectivity index (χ1) is 17.0. The van der Waals surface area contributed by atoms with E-state index in [0.29, 0.717) is 0 Å². The minimum Gasteiger partial charge on any atom is -0.326 e. The van der Waals surface area contributed by atoms with Crippen molar-refractivity contribution in [1.29, 1.82) is 0 Å². The van der Waals surface area contributed by atoms with E-state index in [-0.39, 0.29) is 12.3 Å². The molecule has 5 heteroatoms. The molecule has 5 nitrogen and oxygen atoms in total. The van der Waals surface area contributed by atoms with Crippen molar-refractivity contribution in [2.24, 2.45) is 0 Å². The van der Waals surface area contributed by atoms with Gasteiger partial charge in [-0.05, 0) is 91.4 Å². The third-order valence-electron chi connectivity index (χ3n) is 6.45. The van der Waals surface area contributed by atoms with Crippen molar-refractivity contribution in [3.8, 4) is 11.3 Å². The van der Waals surface area contributed by atoms with E-state index in [2.05, 4.69) is 42.3 Å². The molecule has 174 valence electrons. The van der Waals surface area contributed by atoms with Crippen molar-refractivity contribution in [2.75, 3.05) is 5.32 Å². The van der Waals surface area contributed by atoms with Crippen LogP contribution in [0.2, 0.25) is 0 Å². The van der Waals surface area contributed by atoms with Gasteiger partial charge >= 0.3 is 0 Å². The molecule has 0 spiro atoms. The average molecular weight is 461 g/mol. The third-order valence-corrected chi connectivity index (χ3v) is 6.45. The highest BCUT2D eigenvalue weighted by molar-refractivity contribution is 5.93. The largest absolute Gasteiger partial charge is 0.326 e. The number of benzene rings is 2. The number of nitrogens with zero attached hydrogens (tertiary/aromatic N) is 3. The summed E-state index contributed by atoms with van der Waals surface area (Å²) in [5.74, 6) is -0.0692. The smallest absolute Gasteiger partial charge is 0.230 e. The fourth-order valence-corrected chi connectivity index (χ4v) is 4.34. The lowest BCUT2D eigenvalue weighted by Gasteiger charge is -2.09. The monoisotopic (exact) mass is 460 g/mol. The van der Waals surface area contributed by atoms with Crippen LogP contribution >= 0.6 is 0 Å². The molecule has 5 rings (SSSR count). The second-order valence-corrected chi connectivity index (χ2v) is 9.05. The van der Waals surface area contributed by atoms with E-state index in [1.165, 1.54) is 22.3 Å². The van der Waals surface area contributed by atoms with Crippen LogP contribution in [0.25, 0.3) is 16.9 Å². The molecule has 2 aromatic carbocycles. The molecule has 0 radical (unpaired) electrons. The Labute approximate surface area is 205 Å². The van der Waals surface area contributed by atoms with Gasteiger partial charge in [0.25, 0.3) is 0 Å². The van der Waals surface area contributed by atoms with Crippen molar-refractivity contribution < 1.29 is 4.79 Å². The fraction of sp³-hybridized carbons (Fsp3) is 0.167. The number of aryl methyl sites for hydroxylation is 3. The molecular weight excluding hydrogens is 432 g/mol. The number of carbonyl (C=O) groups excluding carboxylic acids is 1. The lowest BCUT2D eigenvalue weighted by atomic mass is 10.0. The maximum Gasteiger partial charge on any atom is 0.230 e. The highest BCUT2D eigenvalue weighted by atomic mass is 16.1. The van der Waals surface area contributed by atoms with Crippen LogP contribution in [0.15, 0.2) is 85.3 Å². The minimum atomic E-state index is -0.0692. The molecule has 1 amide bonds. The van der Waals surface area contributed by atoms with Gasteiger partial charge in [-0.1, -0.05) is 30.3 Å². The Morgan fingerprint density at radius 3 is 2.34 bits per heavy atom. The summed E-state index contributed by atoms with van der Waals surface area (Å²) < 4.78 is 2.04. The lowest BCUT2D eigenvalue weighted by Crippen LogP contribution is -2.16. The van der Waals surface area contributed by atoms with Crippen LogP contribution in [0.4, 0.5) is 5.69 Å². The van der Waals surface area contributed by atoms with Crippen LogP contribution < -0.4 is 5.32 Å². The number of aromatic nitrogens is 3. The van der Waals surface area contributed by atoms with Crippen LogP contribution in [0, 0.1) is 20.8 Å². The maximum absolute atomic E-state index is 13.1. The summed E-state index contributed by atoms with van der Waals surface area (Å²) >= 11 is 0. The molecular formula is C30H28N4O. The molecule has 35 heavy (non-hydrogen) atoms. The van der Waals surface area contributed by atoms with Gasteiger partial charge in [0, 0.05) is 29.8 Å². The maximum atomic E-state index is 13.1. The van der Waals surface area contributed by atoms with E-state index in [9.17, 15) is 4.79 Å². The van der Waals surface area contributed by atoms with E-state index in [1.54, 1.807) is 12.4 Å². The van der Waals surface area contributed by atoms with Gasteiger partial charge in [-0.15, -0.1) is 0 Å². The topological polar surface area (TPSA) is 59.3 Å². The first-order valence-corrected chi connectivity index (χ1v) is 11.8. The summed E-state index contributed by atoms with van der Waals surface area (Å²) in [7, 11) is 0. The van der Waals surface area contributed by atoms with Crippen LogP contribution in [0.5, 0.6) is 0 Å². The van der Waals surface area contributed by atoms with Gasteiger partial charge in [0.15, 0.2) is 0 Å². The number of anilines is 1.